The molecule has 6 heteroatoms. The van der Waals surface area contributed by atoms with Crippen LogP contribution < -0.4 is 5.73 Å². The van der Waals surface area contributed by atoms with Crippen LogP contribution in [0.3, 0.4) is 0 Å². The lowest BCUT2D eigenvalue weighted by atomic mass is 10.1. The van der Waals surface area contributed by atoms with E-state index in [-0.39, 0.29) is 5.97 Å². The molecule has 0 bridgehead atoms. The van der Waals surface area contributed by atoms with Crippen LogP contribution >= 0.6 is 15.9 Å². The number of nitrogens with two attached hydrogens (primary N) is 1. The normalized spacial score (nSPS) is 10.4. The summed E-state index contributed by atoms with van der Waals surface area (Å²) >= 11 is 3.31. The third kappa shape index (κ3) is 3.35. The minimum atomic E-state index is -0.305. The molecule has 0 radical (unpaired) electrons. The number of esters is 1. The second-order valence-corrected chi connectivity index (χ2v) is 4.83. The van der Waals surface area contributed by atoms with E-state index in [1.54, 1.807) is 23.7 Å². The Morgan fingerprint density at radius 1 is 1.42 bits per heavy atom. The molecular weight excluding hydrogens is 310 g/mol. The van der Waals surface area contributed by atoms with Gasteiger partial charge in [0, 0.05) is 6.20 Å². The average Bonchev–Trinajstić information content (AvgIpc) is 2.69. The second kappa shape index (κ2) is 5.88. The van der Waals surface area contributed by atoms with E-state index in [0.29, 0.717) is 24.5 Å². The Morgan fingerprint density at radius 3 is 2.63 bits per heavy atom. The van der Waals surface area contributed by atoms with Crippen molar-refractivity contribution in [3.05, 3.63) is 46.1 Å². The number of aromatic nitrogens is 2. The lowest BCUT2D eigenvalue weighted by Gasteiger charge is -2.04. The van der Waals surface area contributed by atoms with E-state index in [4.69, 9.17) is 10.5 Å². The van der Waals surface area contributed by atoms with Crippen molar-refractivity contribution in [3.63, 3.8) is 0 Å². The maximum absolute atomic E-state index is 11.5. The number of nitrogens with zero attached hydrogens (tertiary/aromatic N) is 2. The van der Waals surface area contributed by atoms with Gasteiger partial charge in [0.15, 0.2) is 5.82 Å². The summed E-state index contributed by atoms with van der Waals surface area (Å²) in [6, 6.07) is 7.24. The molecule has 1 heterocycles. The van der Waals surface area contributed by atoms with E-state index in [9.17, 15) is 4.79 Å². The average molecular weight is 324 g/mol. The van der Waals surface area contributed by atoms with Crippen LogP contribution in [0.25, 0.3) is 0 Å². The number of carbonyl (C=O) groups is 1. The number of hydrogen-bond donors (Lipinski definition) is 1. The topological polar surface area (TPSA) is 70.1 Å². The lowest BCUT2D eigenvalue weighted by Crippen LogP contribution is -2.05. The Morgan fingerprint density at radius 2 is 2.11 bits per heavy atom. The third-order valence-corrected chi connectivity index (χ3v) is 3.16. The summed E-state index contributed by atoms with van der Waals surface area (Å²) < 4.78 is 7.43. The Balaban J connectivity index is 2.08. The molecule has 5 nitrogen and oxygen atoms in total. The molecule has 2 N–H and O–H groups in total. The summed E-state index contributed by atoms with van der Waals surface area (Å²) in [7, 11) is 0. The molecule has 19 heavy (non-hydrogen) atoms. The van der Waals surface area contributed by atoms with E-state index in [1.807, 2.05) is 18.3 Å². The number of halogens is 1. The van der Waals surface area contributed by atoms with Gasteiger partial charge < -0.3 is 10.5 Å². The molecule has 0 spiro atoms. The maximum atomic E-state index is 11.5. The van der Waals surface area contributed by atoms with Crippen LogP contribution in [-0.4, -0.2) is 22.4 Å². The van der Waals surface area contributed by atoms with Crippen LogP contribution in [0.4, 0.5) is 5.82 Å². The van der Waals surface area contributed by atoms with Gasteiger partial charge in [-0.25, -0.2) is 4.79 Å². The summed E-state index contributed by atoms with van der Waals surface area (Å²) in [5.74, 6) is 0.156. The van der Waals surface area contributed by atoms with Gasteiger partial charge in [-0.05, 0) is 40.5 Å². The molecule has 2 aromatic rings. The molecule has 0 unspecified atom stereocenters. The number of benzene rings is 1. The molecule has 0 amide bonds. The van der Waals surface area contributed by atoms with E-state index < -0.39 is 0 Å². The van der Waals surface area contributed by atoms with E-state index in [0.717, 1.165) is 10.0 Å². The number of hydrogen-bond acceptors (Lipinski definition) is 4. The van der Waals surface area contributed by atoms with Gasteiger partial charge in [0.2, 0.25) is 0 Å². The fourth-order valence-electron chi connectivity index (χ4n) is 1.64. The van der Waals surface area contributed by atoms with Gasteiger partial charge in [-0.15, -0.1) is 0 Å². The first-order chi connectivity index (χ1) is 9.10. The van der Waals surface area contributed by atoms with E-state index in [2.05, 4.69) is 21.0 Å². The van der Waals surface area contributed by atoms with Crippen LogP contribution in [0.5, 0.6) is 0 Å². The zero-order chi connectivity index (χ0) is 13.8. The van der Waals surface area contributed by atoms with Crippen molar-refractivity contribution in [2.24, 2.45) is 0 Å². The highest BCUT2D eigenvalue weighted by Gasteiger charge is 2.07. The molecule has 0 aliphatic carbocycles. The smallest absolute Gasteiger partial charge is 0.338 e. The monoisotopic (exact) mass is 323 g/mol. The fraction of sp³-hybridized carbons (Fsp3) is 0.231. The number of carbonyl (C=O) groups excluding carboxylic acids is 1. The number of anilines is 1. The number of ether oxygens (including phenoxy) is 1. The molecule has 1 aromatic carbocycles. The maximum Gasteiger partial charge on any atom is 0.338 e. The van der Waals surface area contributed by atoms with Crippen molar-refractivity contribution in [2.45, 2.75) is 13.5 Å². The first-order valence-corrected chi connectivity index (χ1v) is 6.64. The van der Waals surface area contributed by atoms with Gasteiger partial charge in [0.1, 0.15) is 0 Å². The van der Waals surface area contributed by atoms with E-state index >= 15 is 0 Å². The second-order valence-electron chi connectivity index (χ2n) is 3.98. The van der Waals surface area contributed by atoms with Crippen molar-refractivity contribution in [1.82, 2.24) is 9.78 Å². The molecule has 0 aliphatic heterocycles. The van der Waals surface area contributed by atoms with Gasteiger partial charge in [0.25, 0.3) is 0 Å². The van der Waals surface area contributed by atoms with Crippen LogP contribution in [0.1, 0.15) is 22.8 Å². The highest BCUT2D eigenvalue weighted by molar-refractivity contribution is 9.10. The molecule has 0 aliphatic rings. The lowest BCUT2D eigenvalue weighted by molar-refractivity contribution is 0.0526. The predicted octanol–water partition coefficient (Wildman–Crippen LogP) is 2.45. The standard InChI is InChI=1S/C13H14BrN3O2/c1-2-19-13(18)10-5-3-9(4-6-10)7-17-8-11(14)12(15)16-17/h3-6,8H,2,7H2,1H3,(H2,15,16). The zero-order valence-electron chi connectivity index (χ0n) is 10.5. The van der Waals surface area contributed by atoms with Crippen LogP contribution in [-0.2, 0) is 11.3 Å². The van der Waals surface area contributed by atoms with Crippen molar-refractivity contribution in [1.29, 1.82) is 0 Å². The Labute approximate surface area is 119 Å². The van der Waals surface area contributed by atoms with Crippen molar-refractivity contribution in [3.8, 4) is 0 Å². The van der Waals surface area contributed by atoms with E-state index in [1.165, 1.54) is 0 Å². The minimum Gasteiger partial charge on any atom is -0.462 e. The summed E-state index contributed by atoms with van der Waals surface area (Å²) in [6.45, 7) is 2.76. The Bertz CT molecular complexity index is 559. The molecule has 0 saturated carbocycles. The fourth-order valence-corrected chi connectivity index (χ4v) is 1.96. The largest absolute Gasteiger partial charge is 0.462 e. The minimum absolute atomic E-state index is 0.305. The third-order valence-electron chi connectivity index (χ3n) is 2.55. The molecule has 1 aromatic heterocycles. The van der Waals surface area contributed by atoms with Gasteiger partial charge in [-0.2, -0.15) is 5.10 Å². The first-order valence-electron chi connectivity index (χ1n) is 5.84. The Hall–Kier alpha value is -1.82. The molecule has 0 fully saturated rings. The molecule has 0 atom stereocenters. The van der Waals surface area contributed by atoms with Gasteiger partial charge >= 0.3 is 5.97 Å². The Kier molecular flexibility index (Phi) is 4.21. The molecular formula is C13H14BrN3O2. The summed E-state index contributed by atoms with van der Waals surface area (Å²) in [5.41, 5.74) is 7.23. The van der Waals surface area contributed by atoms with Crippen LogP contribution in [0.2, 0.25) is 0 Å². The summed E-state index contributed by atoms with van der Waals surface area (Å²) in [5, 5.41) is 4.15. The number of rotatable bonds is 4. The summed E-state index contributed by atoms with van der Waals surface area (Å²) in [6.07, 6.45) is 1.81. The summed E-state index contributed by atoms with van der Waals surface area (Å²) in [4.78, 5) is 11.5. The zero-order valence-corrected chi connectivity index (χ0v) is 12.1. The molecule has 100 valence electrons. The highest BCUT2D eigenvalue weighted by atomic mass is 79.9. The van der Waals surface area contributed by atoms with Crippen LogP contribution in [0, 0.1) is 0 Å². The van der Waals surface area contributed by atoms with Crippen LogP contribution in [0.15, 0.2) is 34.9 Å². The highest BCUT2D eigenvalue weighted by Crippen LogP contribution is 2.17. The molecule has 0 saturated heterocycles. The van der Waals surface area contributed by atoms with Crippen molar-refractivity contribution >= 4 is 27.7 Å². The van der Waals surface area contributed by atoms with Gasteiger partial charge in [-0.1, -0.05) is 12.1 Å². The van der Waals surface area contributed by atoms with Crippen molar-refractivity contribution in [2.75, 3.05) is 12.3 Å². The number of nitrogen functional groups attached to an aromatic ring is 1. The van der Waals surface area contributed by atoms with Crippen molar-refractivity contribution < 1.29 is 9.53 Å². The quantitative estimate of drug-likeness (QED) is 0.877. The van der Waals surface area contributed by atoms with Gasteiger partial charge in [-0.3, -0.25) is 4.68 Å². The SMILES string of the molecule is CCOC(=O)c1ccc(Cn2cc(Br)c(N)n2)cc1. The first kappa shape index (κ1) is 13.6. The molecule has 2 rings (SSSR count). The predicted molar refractivity (Wildman–Crippen MR) is 75.8 cm³/mol. The van der Waals surface area contributed by atoms with Gasteiger partial charge in [0.05, 0.1) is 23.2 Å².